The largest absolute Gasteiger partial charge is 0.508 e. The van der Waals surface area contributed by atoms with Gasteiger partial charge in [-0.1, -0.05) is 12.1 Å². The molecule has 2 amide bonds. The fraction of sp³-hybridized carbons (Fsp3) is 0.250. The molecule has 154 valence electrons. The first-order chi connectivity index (χ1) is 14.0. The van der Waals surface area contributed by atoms with E-state index in [0.29, 0.717) is 28.4 Å². The maximum absolute atomic E-state index is 12.3. The molecule has 0 radical (unpaired) electrons. The SMILES string of the molecule is COc1cc(C(=O)NCCC(=O)NN=Cc2cccc(O)c2)cc(OC)c1OC. The maximum Gasteiger partial charge on any atom is 0.251 e. The Hall–Kier alpha value is -3.75. The number of aromatic hydroxyl groups is 1. The molecule has 3 N–H and O–H groups in total. The van der Waals surface area contributed by atoms with Crippen molar-refractivity contribution in [1.29, 1.82) is 0 Å². The summed E-state index contributed by atoms with van der Waals surface area (Å²) >= 11 is 0. The molecule has 0 saturated carbocycles. The first-order valence-corrected chi connectivity index (χ1v) is 8.67. The Morgan fingerprint density at radius 1 is 1.07 bits per heavy atom. The zero-order chi connectivity index (χ0) is 21.2. The van der Waals surface area contributed by atoms with Crippen molar-refractivity contribution in [3.05, 3.63) is 47.5 Å². The summed E-state index contributed by atoms with van der Waals surface area (Å²) in [4.78, 5) is 24.2. The van der Waals surface area contributed by atoms with Gasteiger partial charge in [0.15, 0.2) is 11.5 Å². The molecule has 0 unspecified atom stereocenters. The van der Waals surface area contributed by atoms with Gasteiger partial charge in [-0.15, -0.1) is 0 Å². The summed E-state index contributed by atoms with van der Waals surface area (Å²) in [5.41, 5.74) is 3.30. The van der Waals surface area contributed by atoms with Crippen molar-refractivity contribution in [1.82, 2.24) is 10.7 Å². The summed E-state index contributed by atoms with van der Waals surface area (Å²) in [6, 6.07) is 9.48. The first-order valence-electron chi connectivity index (χ1n) is 8.67. The minimum Gasteiger partial charge on any atom is -0.508 e. The van der Waals surface area contributed by atoms with Gasteiger partial charge in [0.2, 0.25) is 11.7 Å². The van der Waals surface area contributed by atoms with E-state index in [1.54, 1.807) is 12.1 Å². The molecular formula is C20H23N3O6. The highest BCUT2D eigenvalue weighted by atomic mass is 16.5. The number of ether oxygens (including phenoxy) is 3. The second-order valence-corrected chi connectivity index (χ2v) is 5.81. The summed E-state index contributed by atoms with van der Waals surface area (Å²) in [6.45, 7) is 0.114. The molecular weight excluding hydrogens is 378 g/mol. The quantitative estimate of drug-likeness (QED) is 0.435. The second-order valence-electron chi connectivity index (χ2n) is 5.81. The monoisotopic (exact) mass is 401 g/mol. The van der Waals surface area contributed by atoms with Crippen LogP contribution in [-0.4, -0.2) is 51.0 Å². The summed E-state index contributed by atoms with van der Waals surface area (Å²) in [5, 5.41) is 15.8. The molecule has 9 heteroatoms. The van der Waals surface area contributed by atoms with Crippen LogP contribution in [-0.2, 0) is 4.79 Å². The van der Waals surface area contributed by atoms with E-state index in [9.17, 15) is 14.7 Å². The van der Waals surface area contributed by atoms with Crippen molar-refractivity contribution >= 4 is 18.0 Å². The molecule has 0 atom stereocenters. The molecule has 0 aliphatic heterocycles. The normalized spacial score (nSPS) is 10.4. The Morgan fingerprint density at radius 3 is 2.34 bits per heavy atom. The van der Waals surface area contributed by atoms with E-state index in [-0.39, 0.29) is 30.5 Å². The van der Waals surface area contributed by atoms with Crippen LogP contribution >= 0.6 is 0 Å². The number of methoxy groups -OCH3 is 3. The predicted molar refractivity (Wildman–Crippen MR) is 107 cm³/mol. The molecule has 0 aliphatic carbocycles. The van der Waals surface area contributed by atoms with Gasteiger partial charge in [-0.3, -0.25) is 9.59 Å². The van der Waals surface area contributed by atoms with E-state index in [1.165, 1.54) is 51.8 Å². The van der Waals surface area contributed by atoms with Crippen LogP contribution in [0, 0.1) is 0 Å². The minimum atomic E-state index is -0.389. The third-order valence-electron chi connectivity index (χ3n) is 3.84. The fourth-order valence-electron chi connectivity index (χ4n) is 2.44. The Labute approximate surface area is 168 Å². The molecule has 0 aliphatic rings. The van der Waals surface area contributed by atoms with Crippen LogP contribution < -0.4 is 25.0 Å². The number of hydrogen-bond acceptors (Lipinski definition) is 7. The van der Waals surface area contributed by atoms with Gasteiger partial charge in [0.05, 0.1) is 27.5 Å². The summed E-state index contributed by atoms with van der Waals surface area (Å²) in [7, 11) is 4.39. The number of phenolic OH excluding ortho intramolecular Hbond substituents is 1. The van der Waals surface area contributed by atoms with Crippen molar-refractivity contribution in [2.75, 3.05) is 27.9 Å². The average Bonchev–Trinajstić information content (AvgIpc) is 2.72. The number of carbonyl (C=O) groups excluding carboxylic acids is 2. The molecule has 0 heterocycles. The van der Waals surface area contributed by atoms with Crippen molar-refractivity contribution in [2.24, 2.45) is 5.10 Å². The first kappa shape index (κ1) is 21.5. The van der Waals surface area contributed by atoms with E-state index >= 15 is 0 Å². The fourth-order valence-corrected chi connectivity index (χ4v) is 2.44. The highest BCUT2D eigenvalue weighted by molar-refractivity contribution is 5.96. The average molecular weight is 401 g/mol. The van der Waals surface area contributed by atoms with E-state index in [4.69, 9.17) is 14.2 Å². The van der Waals surface area contributed by atoms with Gasteiger partial charge in [-0.2, -0.15) is 5.10 Å². The summed E-state index contributed by atoms with van der Waals surface area (Å²) in [5.74, 6) is 0.448. The molecule has 0 bridgehead atoms. The van der Waals surface area contributed by atoms with Gasteiger partial charge in [-0.25, -0.2) is 5.43 Å². The van der Waals surface area contributed by atoms with E-state index < -0.39 is 0 Å². The zero-order valence-corrected chi connectivity index (χ0v) is 16.4. The number of carbonyl (C=O) groups is 2. The van der Waals surface area contributed by atoms with Crippen molar-refractivity contribution in [2.45, 2.75) is 6.42 Å². The molecule has 2 aromatic rings. The van der Waals surface area contributed by atoms with Crippen molar-refractivity contribution < 1.29 is 28.9 Å². The Bertz CT molecular complexity index is 873. The number of hydrogen-bond donors (Lipinski definition) is 3. The third-order valence-corrected chi connectivity index (χ3v) is 3.84. The molecule has 0 fully saturated rings. The molecule has 2 rings (SSSR count). The maximum atomic E-state index is 12.3. The number of amides is 2. The van der Waals surface area contributed by atoms with Gasteiger partial charge in [0.1, 0.15) is 5.75 Å². The van der Waals surface area contributed by atoms with Gasteiger partial charge >= 0.3 is 0 Å². The Kier molecular flexibility index (Phi) is 7.84. The molecule has 2 aromatic carbocycles. The summed E-state index contributed by atoms with van der Waals surface area (Å²) in [6.07, 6.45) is 1.44. The predicted octanol–water partition coefficient (Wildman–Crippen LogP) is 1.69. The van der Waals surface area contributed by atoms with Gasteiger partial charge in [0, 0.05) is 18.5 Å². The third kappa shape index (κ3) is 6.13. The lowest BCUT2D eigenvalue weighted by molar-refractivity contribution is -0.120. The second kappa shape index (κ2) is 10.5. The molecule has 0 aromatic heterocycles. The molecule has 0 saturated heterocycles. The number of benzene rings is 2. The number of nitrogens with one attached hydrogen (secondary N) is 2. The molecule has 29 heavy (non-hydrogen) atoms. The van der Waals surface area contributed by atoms with Gasteiger partial charge < -0.3 is 24.6 Å². The minimum absolute atomic E-state index is 0.0353. The van der Waals surface area contributed by atoms with E-state index in [0.717, 1.165) is 0 Å². The van der Waals surface area contributed by atoms with Gasteiger partial charge in [0.25, 0.3) is 5.91 Å². The standard InChI is InChI=1S/C20H23N3O6/c1-27-16-10-14(11-17(28-2)19(16)29-3)20(26)21-8-7-18(25)23-22-12-13-5-4-6-15(24)9-13/h4-6,9-12,24H,7-8H2,1-3H3,(H,21,26)(H,23,25). The Morgan fingerprint density at radius 2 is 1.76 bits per heavy atom. The summed E-state index contributed by atoms with van der Waals surface area (Å²) < 4.78 is 15.7. The van der Waals surface area contributed by atoms with Crippen LogP contribution in [0.15, 0.2) is 41.5 Å². The number of hydrazone groups is 1. The lowest BCUT2D eigenvalue weighted by Crippen LogP contribution is -2.29. The van der Waals surface area contributed by atoms with Crippen LogP contribution in [0.25, 0.3) is 0 Å². The van der Waals surface area contributed by atoms with Crippen LogP contribution in [0.5, 0.6) is 23.0 Å². The van der Waals surface area contributed by atoms with Crippen molar-refractivity contribution in [3.8, 4) is 23.0 Å². The lowest BCUT2D eigenvalue weighted by atomic mass is 10.1. The van der Waals surface area contributed by atoms with Crippen molar-refractivity contribution in [3.63, 3.8) is 0 Å². The number of phenols is 1. The number of nitrogens with zero attached hydrogens (tertiary/aromatic N) is 1. The van der Waals surface area contributed by atoms with E-state index in [2.05, 4.69) is 15.8 Å². The smallest absolute Gasteiger partial charge is 0.251 e. The van der Waals surface area contributed by atoms with Crippen LogP contribution in [0.1, 0.15) is 22.3 Å². The molecule has 0 spiro atoms. The number of rotatable bonds is 9. The lowest BCUT2D eigenvalue weighted by Gasteiger charge is -2.14. The zero-order valence-electron chi connectivity index (χ0n) is 16.4. The van der Waals surface area contributed by atoms with Gasteiger partial charge in [-0.05, 0) is 29.8 Å². The topological polar surface area (TPSA) is 118 Å². The van der Waals surface area contributed by atoms with Crippen LogP contribution in [0.4, 0.5) is 0 Å². The molecule has 9 nitrogen and oxygen atoms in total. The van der Waals surface area contributed by atoms with Crippen LogP contribution in [0.2, 0.25) is 0 Å². The van der Waals surface area contributed by atoms with Crippen LogP contribution in [0.3, 0.4) is 0 Å². The Balaban J connectivity index is 1.87. The highest BCUT2D eigenvalue weighted by Crippen LogP contribution is 2.38. The van der Waals surface area contributed by atoms with E-state index in [1.807, 2.05) is 0 Å². The highest BCUT2D eigenvalue weighted by Gasteiger charge is 2.17.